The van der Waals surface area contributed by atoms with E-state index in [1.165, 1.54) is 20.2 Å². The summed E-state index contributed by atoms with van der Waals surface area (Å²) in [6.07, 6.45) is 2.32. The molecule has 0 aromatic rings. The highest BCUT2D eigenvalue weighted by atomic mass is 32.2. The van der Waals surface area contributed by atoms with E-state index in [2.05, 4.69) is 15.4 Å². The largest absolute Gasteiger partial charge is 0.464 e. The second-order valence-corrected chi connectivity index (χ2v) is 3.76. The molecule has 7 heteroatoms. The summed E-state index contributed by atoms with van der Waals surface area (Å²) in [6, 6.07) is 0. The standard InChI is InChI=1S/C9H10N2O4S/c1-10-6(12)4-7-11-5(9(14)15-2)3-8(13)16-7/h3-4,11H,1-2H3,(H,10,12). The summed E-state index contributed by atoms with van der Waals surface area (Å²) in [5.74, 6) is -1.02. The zero-order valence-corrected chi connectivity index (χ0v) is 9.51. The quantitative estimate of drug-likeness (QED) is 0.501. The first-order chi connectivity index (χ1) is 7.56. The van der Waals surface area contributed by atoms with Gasteiger partial charge in [0, 0.05) is 19.2 Å². The van der Waals surface area contributed by atoms with Crippen LogP contribution in [-0.2, 0) is 19.1 Å². The number of esters is 1. The van der Waals surface area contributed by atoms with Crippen molar-refractivity contribution < 1.29 is 19.1 Å². The van der Waals surface area contributed by atoms with E-state index < -0.39 is 5.97 Å². The van der Waals surface area contributed by atoms with Crippen LogP contribution in [0.4, 0.5) is 0 Å². The van der Waals surface area contributed by atoms with E-state index in [4.69, 9.17) is 0 Å². The number of nitrogens with one attached hydrogen (secondary N) is 2. The maximum Gasteiger partial charge on any atom is 0.354 e. The molecular formula is C9H10N2O4S. The number of carbonyl (C=O) groups is 3. The highest BCUT2D eigenvalue weighted by Gasteiger charge is 2.20. The Balaban J connectivity index is 2.87. The number of amides is 1. The molecule has 0 unspecified atom stereocenters. The molecule has 1 amide bonds. The van der Waals surface area contributed by atoms with Gasteiger partial charge in [0.2, 0.25) is 11.0 Å². The molecule has 1 aliphatic rings. The summed E-state index contributed by atoms with van der Waals surface area (Å²) in [6.45, 7) is 0. The van der Waals surface area contributed by atoms with Crippen molar-refractivity contribution in [2.75, 3.05) is 14.2 Å². The molecule has 0 aliphatic carbocycles. The summed E-state index contributed by atoms with van der Waals surface area (Å²) >= 11 is 0.828. The molecule has 0 aromatic carbocycles. The zero-order valence-electron chi connectivity index (χ0n) is 8.70. The summed E-state index contributed by atoms with van der Waals surface area (Å²) in [5.41, 5.74) is 0.0152. The third kappa shape index (κ3) is 3.13. The minimum Gasteiger partial charge on any atom is -0.464 e. The predicted molar refractivity (Wildman–Crippen MR) is 58.0 cm³/mol. The molecule has 1 aliphatic heterocycles. The number of likely N-dealkylation sites (N-methyl/N-ethyl adjacent to an activating group) is 1. The Labute approximate surface area is 96.1 Å². The number of thioether (sulfide) groups is 1. The lowest BCUT2D eigenvalue weighted by atomic mass is 10.4. The van der Waals surface area contributed by atoms with Gasteiger partial charge in [-0.2, -0.15) is 0 Å². The summed E-state index contributed by atoms with van der Waals surface area (Å²) < 4.78 is 4.46. The molecular weight excluding hydrogens is 232 g/mol. The molecule has 1 rings (SSSR count). The second-order valence-electron chi connectivity index (χ2n) is 2.72. The molecule has 0 fully saturated rings. The first kappa shape index (κ1) is 12.3. The van der Waals surface area contributed by atoms with Crippen LogP contribution in [0.2, 0.25) is 0 Å². The fourth-order valence-electron chi connectivity index (χ4n) is 0.927. The van der Waals surface area contributed by atoms with Gasteiger partial charge in [-0.1, -0.05) is 0 Å². The number of ether oxygens (including phenoxy) is 1. The Hall–Kier alpha value is -1.76. The van der Waals surface area contributed by atoms with E-state index >= 15 is 0 Å². The molecule has 0 saturated heterocycles. The number of rotatable bonds is 2. The molecule has 86 valence electrons. The Morgan fingerprint density at radius 3 is 2.81 bits per heavy atom. The minimum absolute atomic E-state index is 0.0152. The highest BCUT2D eigenvalue weighted by molar-refractivity contribution is 8.17. The van der Waals surface area contributed by atoms with E-state index in [0.717, 1.165) is 17.8 Å². The second kappa shape index (κ2) is 5.36. The third-order valence-corrected chi connectivity index (χ3v) is 2.40. The first-order valence-corrected chi connectivity index (χ1v) is 5.10. The van der Waals surface area contributed by atoms with Gasteiger partial charge >= 0.3 is 5.97 Å². The molecule has 6 nitrogen and oxygen atoms in total. The van der Waals surface area contributed by atoms with Crippen LogP contribution >= 0.6 is 11.8 Å². The van der Waals surface area contributed by atoms with Crippen molar-refractivity contribution in [3.8, 4) is 0 Å². The van der Waals surface area contributed by atoms with Gasteiger partial charge in [0.15, 0.2) is 0 Å². The van der Waals surface area contributed by atoms with Crippen LogP contribution in [0.1, 0.15) is 0 Å². The smallest absolute Gasteiger partial charge is 0.354 e. The van der Waals surface area contributed by atoms with E-state index in [1.54, 1.807) is 0 Å². The zero-order chi connectivity index (χ0) is 12.1. The van der Waals surface area contributed by atoms with Gasteiger partial charge in [-0.3, -0.25) is 9.59 Å². The Morgan fingerprint density at radius 1 is 1.56 bits per heavy atom. The van der Waals surface area contributed by atoms with Crippen molar-refractivity contribution in [2.45, 2.75) is 0 Å². The molecule has 0 aromatic heterocycles. The predicted octanol–water partition coefficient (Wildman–Crippen LogP) is -0.506. The van der Waals surface area contributed by atoms with Gasteiger partial charge in [0.05, 0.1) is 12.1 Å². The van der Waals surface area contributed by atoms with E-state index in [9.17, 15) is 14.4 Å². The SMILES string of the molecule is CNC(=O)C=C1NC(C(=O)OC)=CC(=O)S1. The lowest BCUT2D eigenvalue weighted by molar-refractivity contribution is -0.136. The van der Waals surface area contributed by atoms with Crippen molar-refractivity contribution >= 4 is 28.8 Å². The molecule has 0 spiro atoms. The molecule has 0 saturated carbocycles. The fourth-order valence-corrected chi connectivity index (χ4v) is 1.65. The third-order valence-electron chi connectivity index (χ3n) is 1.64. The molecule has 2 N–H and O–H groups in total. The van der Waals surface area contributed by atoms with E-state index in [-0.39, 0.29) is 21.7 Å². The minimum atomic E-state index is -0.656. The average Bonchev–Trinajstić information content (AvgIpc) is 2.27. The van der Waals surface area contributed by atoms with E-state index in [1.807, 2.05) is 0 Å². The van der Waals surface area contributed by atoms with Gasteiger partial charge in [0.25, 0.3) is 0 Å². The average molecular weight is 242 g/mol. The normalized spacial score (nSPS) is 17.5. The molecule has 0 atom stereocenters. The number of carbonyl (C=O) groups excluding carboxylic acids is 3. The maximum absolute atomic E-state index is 11.2. The van der Waals surface area contributed by atoms with Gasteiger partial charge < -0.3 is 15.4 Å². The van der Waals surface area contributed by atoms with Crippen molar-refractivity contribution in [3.63, 3.8) is 0 Å². The van der Waals surface area contributed by atoms with Crippen LogP contribution in [0.3, 0.4) is 0 Å². The molecule has 0 bridgehead atoms. The lowest BCUT2D eigenvalue weighted by Crippen LogP contribution is -2.26. The topological polar surface area (TPSA) is 84.5 Å². The Bertz CT molecular complexity index is 400. The molecule has 16 heavy (non-hydrogen) atoms. The summed E-state index contributed by atoms with van der Waals surface area (Å²) in [5, 5.41) is 4.94. The van der Waals surface area contributed by atoms with Gasteiger partial charge in [0.1, 0.15) is 5.70 Å². The van der Waals surface area contributed by atoms with Crippen LogP contribution < -0.4 is 10.6 Å². The summed E-state index contributed by atoms with van der Waals surface area (Å²) in [4.78, 5) is 33.5. The van der Waals surface area contributed by atoms with Crippen LogP contribution in [0.15, 0.2) is 22.9 Å². The van der Waals surface area contributed by atoms with Crippen LogP contribution in [0.5, 0.6) is 0 Å². The monoisotopic (exact) mass is 242 g/mol. The maximum atomic E-state index is 11.2. The summed E-state index contributed by atoms with van der Waals surface area (Å²) in [7, 11) is 2.67. The van der Waals surface area contributed by atoms with Gasteiger partial charge in [-0.25, -0.2) is 4.79 Å². The first-order valence-electron chi connectivity index (χ1n) is 4.29. The van der Waals surface area contributed by atoms with Gasteiger partial charge in [-0.15, -0.1) is 0 Å². The van der Waals surface area contributed by atoms with Crippen molar-refractivity contribution in [1.29, 1.82) is 0 Å². The van der Waals surface area contributed by atoms with Crippen LogP contribution in [0, 0.1) is 0 Å². The fraction of sp³-hybridized carbons (Fsp3) is 0.222. The van der Waals surface area contributed by atoms with Crippen molar-refractivity contribution in [1.82, 2.24) is 10.6 Å². The number of methoxy groups -OCH3 is 1. The Morgan fingerprint density at radius 2 is 2.25 bits per heavy atom. The van der Waals surface area contributed by atoms with Crippen molar-refractivity contribution in [3.05, 3.63) is 22.9 Å². The number of hydrogen-bond donors (Lipinski definition) is 2. The molecule has 0 radical (unpaired) electrons. The lowest BCUT2D eigenvalue weighted by Gasteiger charge is -2.15. The highest BCUT2D eigenvalue weighted by Crippen LogP contribution is 2.21. The van der Waals surface area contributed by atoms with Crippen LogP contribution in [-0.4, -0.2) is 31.1 Å². The van der Waals surface area contributed by atoms with Crippen molar-refractivity contribution in [2.24, 2.45) is 0 Å². The molecule has 1 heterocycles. The number of hydrogen-bond acceptors (Lipinski definition) is 6. The Kier molecular flexibility index (Phi) is 4.12. The van der Waals surface area contributed by atoms with E-state index in [0.29, 0.717) is 0 Å². The van der Waals surface area contributed by atoms with Gasteiger partial charge in [-0.05, 0) is 11.8 Å². The van der Waals surface area contributed by atoms with Crippen LogP contribution in [0.25, 0.3) is 0 Å².